The van der Waals surface area contributed by atoms with Crippen LogP contribution in [0.5, 0.6) is 0 Å². The third kappa shape index (κ3) is 5.73. The van der Waals surface area contributed by atoms with Crippen LogP contribution in [0.1, 0.15) is 42.7 Å². The topological polar surface area (TPSA) is 105 Å². The van der Waals surface area contributed by atoms with E-state index in [1.165, 1.54) is 0 Å². The molecular weight excluding hydrogens is 452 g/mol. The van der Waals surface area contributed by atoms with Crippen molar-refractivity contribution in [2.45, 2.75) is 43.7 Å². The van der Waals surface area contributed by atoms with Gasteiger partial charge in [-0.05, 0) is 53.0 Å². The molecule has 34 heavy (non-hydrogen) atoms. The minimum Gasteiger partial charge on any atom is -0.480 e. The second-order valence-electron chi connectivity index (χ2n) is 8.88. The molecule has 2 amide bonds. The summed E-state index contributed by atoms with van der Waals surface area (Å²) >= 11 is 1.55. The van der Waals surface area contributed by atoms with Crippen molar-refractivity contribution in [3.8, 4) is 11.1 Å². The van der Waals surface area contributed by atoms with Gasteiger partial charge in [-0.3, -0.25) is 4.79 Å². The third-order valence-electron chi connectivity index (χ3n) is 6.44. The number of thioether (sulfide) groups is 1. The number of rotatable bonds is 11. The Labute approximate surface area is 203 Å². The van der Waals surface area contributed by atoms with Gasteiger partial charge in [0.05, 0.1) is 0 Å². The zero-order valence-electron chi connectivity index (χ0n) is 19.2. The largest absolute Gasteiger partial charge is 0.480 e. The molecule has 1 unspecified atom stereocenters. The Hall–Kier alpha value is -3.00. The first-order chi connectivity index (χ1) is 16.5. The lowest BCUT2D eigenvalue weighted by molar-refractivity contribution is -0.142. The maximum absolute atomic E-state index is 12.8. The Bertz CT molecular complexity index is 1010. The van der Waals surface area contributed by atoms with Crippen molar-refractivity contribution in [1.82, 2.24) is 10.6 Å². The van der Waals surface area contributed by atoms with E-state index in [1.54, 1.807) is 11.8 Å². The molecular formula is C26H30N2O5S. The fourth-order valence-corrected chi connectivity index (χ4v) is 4.94. The number of amides is 2. The summed E-state index contributed by atoms with van der Waals surface area (Å²) in [5.74, 6) is -0.629. The van der Waals surface area contributed by atoms with Crippen LogP contribution in [-0.2, 0) is 14.3 Å². The lowest BCUT2D eigenvalue weighted by Gasteiger charge is -2.22. The Morgan fingerprint density at radius 1 is 1.00 bits per heavy atom. The number of carboxylic acid groups (broad SMARTS) is 1. The van der Waals surface area contributed by atoms with E-state index in [2.05, 4.69) is 22.8 Å². The van der Waals surface area contributed by atoms with Crippen molar-refractivity contribution in [3.63, 3.8) is 0 Å². The van der Waals surface area contributed by atoms with Crippen LogP contribution in [0.15, 0.2) is 48.5 Å². The summed E-state index contributed by atoms with van der Waals surface area (Å²) in [6.45, 7) is 0.149. The van der Waals surface area contributed by atoms with Gasteiger partial charge < -0.3 is 20.5 Å². The van der Waals surface area contributed by atoms with Crippen LogP contribution in [-0.4, -0.2) is 53.8 Å². The molecule has 0 spiro atoms. The summed E-state index contributed by atoms with van der Waals surface area (Å²) in [6, 6.07) is 14.4. The van der Waals surface area contributed by atoms with E-state index in [9.17, 15) is 19.5 Å². The highest BCUT2D eigenvalue weighted by Gasteiger charge is 2.33. The number of carbonyl (C=O) groups is 3. The maximum atomic E-state index is 12.8. The number of ether oxygens (including phenoxy) is 1. The van der Waals surface area contributed by atoms with Crippen LogP contribution < -0.4 is 10.6 Å². The van der Waals surface area contributed by atoms with Crippen molar-refractivity contribution in [3.05, 3.63) is 59.7 Å². The fraction of sp³-hybridized carbons (Fsp3) is 0.423. The molecule has 2 aromatic rings. The van der Waals surface area contributed by atoms with Crippen molar-refractivity contribution >= 4 is 29.7 Å². The first-order valence-electron chi connectivity index (χ1n) is 11.6. The average molecular weight is 483 g/mol. The van der Waals surface area contributed by atoms with Gasteiger partial charge >= 0.3 is 12.1 Å². The molecule has 0 heterocycles. The summed E-state index contributed by atoms with van der Waals surface area (Å²) < 4.78 is 5.57. The van der Waals surface area contributed by atoms with Crippen molar-refractivity contribution in [2.24, 2.45) is 5.92 Å². The normalized spacial score (nSPS) is 16.1. The van der Waals surface area contributed by atoms with E-state index in [1.807, 2.05) is 42.7 Å². The molecule has 8 heteroatoms. The minimum absolute atomic E-state index is 0.0773. The Kier molecular flexibility index (Phi) is 7.77. The second-order valence-corrected chi connectivity index (χ2v) is 9.87. The summed E-state index contributed by atoms with van der Waals surface area (Å²) in [5.41, 5.74) is 4.49. The molecule has 0 bridgehead atoms. The van der Waals surface area contributed by atoms with Gasteiger partial charge in [-0.15, -0.1) is 0 Å². The second kappa shape index (κ2) is 11.0. The van der Waals surface area contributed by atoms with E-state index in [-0.39, 0.29) is 12.5 Å². The monoisotopic (exact) mass is 482 g/mol. The van der Waals surface area contributed by atoms with Gasteiger partial charge in [0.1, 0.15) is 18.7 Å². The van der Waals surface area contributed by atoms with Gasteiger partial charge in [-0.2, -0.15) is 11.8 Å². The van der Waals surface area contributed by atoms with Crippen LogP contribution in [0.3, 0.4) is 0 Å². The Balaban J connectivity index is 1.38. The highest BCUT2D eigenvalue weighted by atomic mass is 32.2. The van der Waals surface area contributed by atoms with Gasteiger partial charge in [-0.1, -0.05) is 61.4 Å². The van der Waals surface area contributed by atoms with E-state index in [4.69, 9.17) is 4.74 Å². The number of fused-ring (bicyclic) bond motifs is 3. The van der Waals surface area contributed by atoms with Crippen LogP contribution in [0.2, 0.25) is 0 Å². The number of carboxylic acids is 1. The number of hydrogen-bond donors (Lipinski definition) is 3. The van der Waals surface area contributed by atoms with Crippen molar-refractivity contribution < 1.29 is 24.2 Å². The summed E-state index contributed by atoms with van der Waals surface area (Å²) in [4.78, 5) is 37.1. The fourth-order valence-electron chi connectivity index (χ4n) is 4.47. The Morgan fingerprint density at radius 2 is 1.62 bits per heavy atom. The SMILES string of the molecule is CSCC[C@@H](NC(=O)OCC1c2ccccc2-c2ccccc21)C(=O)NC(CC1CC1)C(=O)O. The molecule has 4 rings (SSSR count). The molecule has 1 saturated carbocycles. The van der Waals surface area contributed by atoms with E-state index in [0.717, 1.165) is 35.1 Å². The first kappa shape index (κ1) is 24.1. The van der Waals surface area contributed by atoms with Gasteiger partial charge in [0, 0.05) is 5.92 Å². The van der Waals surface area contributed by atoms with Gasteiger partial charge in [0.25, 0.3) is 0 Å². The van der Waals surface area contributed by atoms with Gasteiger partial charge in [-0.25, -0.2) is 9.59 Å². The average Bonchev–Trinajstić information content (AvgIpc) is 3.60. The number of carbonyl (C=O) groups excluding carboxylic acids is 2. The minimum atomic E-state index is -1.05. The molecule has 0 aromatic heterocycles. The molecule has 2 aliphatic carbocycles. The smallest absolute Gasteiger partial charge is 0.407 e. The predicted octanol–water partition coefficient (Wildman–Crippen LogP) is 4.02. The molecule has 180 valence electrons. The number of alkyl carbamates (subject to hydrolysis) is 1. The highest BCUT2D eigenvalue weighted by Crippen LogP contribution is 2.44. The molecule has 2 aromatic carbocycles. The van der Waals surface area contributed by atoms with Crippen LogP contribution in [0.4, 0.5) is 4.79 Å². The van der Waals surface area contributed by atoms with Crippen LogP contribution in [0.25, 0.3) is 11.1 Å². The molecule has 7 nitrogen and oxygen atoms in total. The Morgan fingerprint density at radius 3 is 2.18 bits per heavy atom. The lowest BCUT2D eigenvalue weighted by atomic mass is 9.98. The van der Waals surface area contributed by atoms with E-state index >= 15 is 0 Å². The number of hydrogen-bond acceptors (Lipinski definition) is 5. The predicted molar refractivity (Wildman–Crippen MR) is 132 cm³/mol. The molecule has 1 fully saturated rings. The molecule has 0 radical (unpaired) electrons. The number of nitrogens with one attached hydrogen (secondary N) is 2. The lowest BCUT2D eigenvalue weighted by Crippen LogP contribution is -2.52. The molecule has 2 aliphatic rings. The zero-order chi connectivity index (χ0) is 24.1. The van der Waals surface area contributed by atoms with Crippen molar-refractivity contribution in [2.75, 3.05) is 18.6 Å². The molecule has 0 saturated heterocycles. The zero-order valence-corrected chi connectivity index (χ0v) is 20.0. The van der Waals surface area contributed by atoms with Gasteiger partial charge in [0.2, 0.25) is 5.91 Å². The van der Waals surface area contributed by atoms with E-state index in [0.29, 0.717) is 24.5 Å². The third-order valence-corrected chi connectivity index (χ3v) is 7.09. The summed E-state index contributed by atoms with van der Waals surface area (Å²) in [5, 5.41) is 14.7. The van der Waals surface area contributed by atoms with Crippen molar-refractivity contribution in [1.29, 1.82) is 0 Å². The number of benzene rings is 2. The highest BCUT2D eigenvalue weighted by molar-refractivity contribution is 7.98. The quantitative estimate of drug-likeness (QED) is 0.447. The summed E-state index contributed by atoms with van der Waals surface area (Å²) in [6.07, 6.45) is 4.02. The maximum Gasteiger partial charge on any atom is 0.407 e. The molecule has 2 atom stereocenters. The molecule has 3 N–H and O–H groups in total. The van der Waals surface area contributed by atoms with Crippen LogP contribution in [0, 0.1) is 5.92 Å². The standard InChI is InChI=1S/C26H30N2O5S/c1-34-13-12-22(24(29)27-23(25(30)31)14-16-10-11-16)28-26(32)33-15-21-19-8-4-2-6-17(19)18-7-3-5-9-20(18)21/h2-9,16,21-23H,10-15H2,1H3,(H,27,29)(H,28,32)(H,30,31)/t22-,23?/m1/s1. The van der Waals surface area contributed by atoms with Crippen LogP contribution >= 0.6 is 11.8 Å². The number of aliphatic carboxylic acids is 1. The molecule has 0 aliphatic heterocycles. The summed E-state index contributed by atoms with van der Waals surface area (Å²) in [7, 11) is 0. The first-order valence-corrected chi connectivity index (χ1v) is 13.0. The van der Waals surface area contributed by atoms with Gasteiger partial charge in [0.15, 0.2) is 0 Å². The van der Waals surface area contributed by atoms with E-state index < -0.39 is 30.1 Å².